The van der Waals surface area contributed by atoms with Gasteiger partial charge in [0.15, 0.2) is 0 Å². The Bertz CT molecular complexity index is 136. The van der Waals surface area contributed by atoms with Crippen LogP contribution >= 0.6 is 0 Å². The van der Waals surface area contributed by atoms with Crippen LogP contribution in [0.25, 0.3) is 0 Å². The van der Waals surface area contributed by atoms with Crippen LogP contribution in [0.3, 0.4) is 0 Å². The molecule has 0 bridgehead atoms. The number of hydrogen-bond donors (Lipinski definition) is 1. The normalized spacial score (nSPS) is 31.1. The monoisotopic (exact) mass is 158 g/mol. The third-order valence-corrected chi connectivity index (χ3v) is 2.54. The van der Waals surface area contributed by atoms with Gasteiger partial charge in [0.2, 0.25) is 0 Å². The fourth-order valence-corrected chi connectivity index (χ4v) is 1.73. The summed E-state index contributed by atoms with van der Waals surface area (Å²) in [6, 6.07) is 0. The van der Waals surface area contributed by atoms with E-state index < -0.39 is 0 Å². The number of hydrogen-bond acceptors (Lipinski definition) is 3. The molecule has 3 nitrogen and oxygen atoms in total. The van der Waals surface area contributed by atoms with Crippen LogP contribution in [-0.4, -0.2) is 31.8 Å². The maximum absolute atomic E-state index is 5.71. The minimum atomic E-state index is 0.310. The summed E-state index contributed by atoms with van der Waals surface area (Å²) < 4.78 is 5.13. The van der Waals surface area contributed by atoms with E-state index in [0.29, 0.717) is 11.3 Å². The van der Waals surface area contributed by atoms with E-state index in [2.05, 4.69) is 13.8 Å². The third-order valence-electron chi connectivity index (χ3n) is 2.54. The zero-order valence-electron chi connectivity index (χ0n) is 7.63. The molecule has 0 amide bonds. The molecule has 1 saturated heterocycles. The predicted octanol–water partition coefficient (Wildman–Crippen LogP) is 0.464. The van der Waals surface area contributed by atoms with E-state index in [0.717, 1.165) is 19.7 Å². The van der Waals surface area contributed by atoms with Gasteiger partial charge in [-0.3, -0.25) is 5.84 Å². The SMILES string of the molecule is COC[C@H]1CN(N)CC1(C)C. The van der Waals surface area contributed by atoms with Crippen LogP contribution < -0.4 is 5.84 Å². The highest BCUT2D eigenvalue weighted by Gasteiger charge is 2.37. The molecular formula is C8H18N2O. The van der Waals surface area contributed by atoms with E-state index >= 15 is 0 Å². The number of rotatable bonds is 2. The standard InChI is InChI=1S/C8H18N2O/c1-8(2)6-10(9)4-7(8)5-11-3/h7H,4-6,9H2,1-3H3/t7-/m1/s1. The average Bonchev–Trinajstić information content (AvgIpc) is 2.07. The van der Waals surface area contributed by atoms with Gasteiger partial charge in [-0.05, 0) is 5.41 Å². The first-order valence-electron chi connectivity index (χ1n) is 4.05. The van der Waals surface area contributed by atoms with Gasteiger partial charge in [-0.1, -0.05) is 13.8 Å². The van der Waals surface area contributed by atoms with Crippen molar-refractivity contribution < 1.29 is 4.74 Å². The molecule has 1 heterocycles. The summed E-state index contributed by atoms with van der Waals surface area (Å²) in [5.41, 5.74) is 0.310. The smallest absolute Gasteiger partial charge is 0.0508 e. The molecule has 0 radical (unpaired) electrons. The van der Waals surface area contributed by atoms with Crippen molar-refractivity contribution >= 4 is 0 Å². The van der Waals surface area contributed by atoms with Crippen molar-refractivity contribution in [1.29, 1.82) is 0 Å². The van der Waals surface area contributed by atoms with Crippen molar-refractivity contribution in [3.8, 4) is 0 Å². The Hall–Kier alpha value is -0.120. The van der Waals surface area contributed by atoms with Crippen molar-refractivity contribution in [3.63, 3.8) is 0 Å². The molecule has 1 rings (SSSR count). The van der Waals surface area contributed by atoms with Crippen molar-refractivity contribution in [3.05, 3.63) is 0 Å². The van der Waals surface area contributed by atoms with Crippen LogP contribution in [0, 0.1) is 11.3 Å². The van der Waals surface area contributed by atoms with Gasteiger partial charge in [-0.25, -0.2) is 5.01 Å². The molecule has 3 heteroatoms. The van der Waals surface area contributed by atoms with Gasteiger partial charge in [-0.15, -0.1) is 0 Å². The predicted molar refractivity (Wildman–Crippen MR) is 44.9 cm³/mol. The lowest BCUT2D eigenvalue weighted by Gasteiger charge is -2.24. The third kappa shape index (κ3) is 1.92. The molecule has 66 valence electrons. The van der Waals surface area contributed by atoms with Gasteiger partial charge in [-0.2, -0.15) is 0 Å². The van der Waals surface area contributed by atoms with Gasteiger partial charge >= 0.3 is 0 Å². The van der Waals surface area contributed by atoms with Crippen LogP contribution in [0.1, 0.15) is 13.8 Å². The largest absolute Gasteiger partial charge is 0.384 e. The van der Waals surface area contributed by atoms with Crippen LogP contribution in [-0.2, 0) is 4.74 Å². The number of ether oxygens (including phenoxy) is 1. The first-order chi connectivity index (χ1) is 5.06. The maximum Gasteiger partial charge on any atom is 0.0508 e. The molecule has 11 heavy (non-hydrogen) atoms. The van der Waals surface area contributed by atoms with Gasteiger partial charge in [0, 0.05) is 26.1 Å². The van der Waals surface area contributed by atoms with E-state index in [4.69, 9.17) is 10.6 Å². The number of nitrogens with zero attached hydrogens (tertiary/aromatic N) is 1. The Morgan fingerprint density at radius 2 is 2.27 bits per heavy atom. The molecule has 1 fully saturated rings. The number of methoxy groups -OCH3 is 1. The highest BCUT2D eigenvalue weighted by atomic mass is 16.5. The second-order valence-electron chi connectivity index (χ2n) is 4.07. The fraction of sp³-hybridized carbons (Fsp3) is 1.00. The van der Waals surface area contributed by atoms with E-state index in [1.807, 2.05) is 5.01 Å². The summed E-state index contributed by atoms with van der Waals surface area (Å²) >= 11 is 0. The number of hydrazine groups is 1. The molecule has 1 aliphatic rings. The van der Waals surface area contributed by atoms with Crippen molar-refractivity contribution in [1.82, 2.24) is 5.01 Å². The van der Waals surface area contributed by atoms with E-state index in [1.54, 1.807) is 7.11 Å². The Morgan fingerprint density at radius 1 is 1.64 bits per heavy atom. The van der Waals surface area contributed by atoms with Gasteiger partial charge in [0.05, 0.1) is 6.61 Å². The summed E-state index contributed by atoms with van der Waals surface area (Å²) in [5, 5.41) is 1.88. The Balaban J connectivity index is 2.51. The van der Waals surface area contributed by atoms with Crippen LogP contribution in [0.5, 0.6) is 0 Å². The topological polar surface area (TPSA) is 38.5 Å². The van der Waals surface area contributed by atoms with Crippen molar-refractivity contribution in [2.45, 2.75) is 13.8 Å². The second-order valence-corrected chi connectivity index (χ2v) is 4.07. The summed E-state index contributed by atoms with van der Waals surface area (Å²) in [6.07, 6.45) is 0. The molecule has 0 aromatic heterocycles. The maximum atomic E-state index is 5.71. The van der Waals surface area contributed by atoms with Crippen LogP contribution in [0.4, 0.5) is 0 Å². The van der Waals surface area contributed by atoms with Gasteiger partial charge in [0.25, 0.3) is 0 Å². The molecule has 0 aromatic rings. The Labute approximate surface area is 68.5 Å². The molecule has 1 aliphatic heterocycles. The fourth-order valence-electron chi connectivity index (χ4n) is 1.73. The lowest BCUT2D eigenvalue weighted by molar-refractivity contribution is 0.112. The minimum absolute atomic E-state index is 0.310. The summed E-state index contributed by atoms with van der Waals surface area (Å²) in [6.45, 7) is 7.23. The van der Waals surface area contributed by atoms with E-state index in [9.17, 15) is 0 Å². The van der Waals surface area contributed by atoms with Gasteiger partial charge in [0.1, 0.15) is 0 Å². The lowest BCUT2D eigenvalue weighted by Crippen LogP contribution is -2.29. The molecule has 0 spiro atoms. The first-order valence-corrected chi connectivity index (χ1v) is 4.05. The van der Waals surface area contributed by atoms with E-state index in [1.165, 1.54) is 0 Å². The summed E-state index contributed by atoms with van der Waals surface area (Å²) in [4.78, 5) is 0. The van der Waals surface area contributed by atoms with Crippen LogP contribution in [0.2, 0.25) is 0 Å². The number of nitrogens with two attached hydrogens (primary N) is 1. The highest BCUT2D eigenvalue weighted by molar-refractivity contribution is 4.88. The zero-order chi connectivity index (χ0) is 8.48. The molecule has 0 aromatic carbocycles. The van der Waals surface area contributed by atoms with Gasteiger partial charge < -0.3 is 4.74 Å². The van der Waals surface area contributed by atoms with Crippen molar-refractivity contribution in [2.75, 3.05) is 26.8 Å². The average molecular weight is 158 g/mol. The minimum Gasteiger partial charge on any atom is -0.384 e. The summed E-state index contributed by atoms with van der Waals surface area (Å²) in [7, 11) is 1.75. The zero-order valence-corrected chi connectivity index (χ0v) is 7.63. The molecule has 0 unspecified atom stereocenters. The quantitative estimate of drug-likeness (QED) is 0.593. The molecular weight excluding hydrogens is 140 g/mol. The second kappa shape index (κ2) is 3.09. The Kier molecular flexibility index (Phi) is 2.52. The molecule has 0 aliphatic carbocycles. The highest BCUT2D eigenvalue weighted by Crippen LogP contribution is 2.33. The lowest BCUT2D eigenvalue weighted by atomic mass is 9.83. The summed E-state index contributed by atoms with van der Waals surface area (Å²) in [5.74, 6) is 6.29. The first kappa shape index (κ1) is 8.97. The van der Waals surface area contributed by atoms with Crippen molar-refractivity contribution in [2.24, 2.45) is 17.2 Å². The van der Waals surface area contributed by atoms with Crippen LogP contribution in [0.15, 0.2) is 0 Å². The molecule has 2 N–H and O–H groups in total. The molecule has 1 atom stereocenters. The van der Waals surface area contributed by atoms with E-state index in [-0.39, 0.29) is 0 Å². The molecule has 0 saturated carbocycles. The Morgan fingerprint density at radius 3 is 2.64 bits per heavy atom.